The summed E-state index contributed by atoms with van der Waals surface area (Å²) in [5.74, 6) is -0.0560. The molecule has 0 spiro atoms. The Morgan fingerprint density at radius 3 is 2.28 bits per heavy atom. The van der Waals surface area contributed by atoms with E-state index in [0.29, 0.717) is 38.1 Å². The number of halogens is 1. The molecule has 0 fully saturated rings. The van der Waals surface area contributed by atoms with Crippen molar-refractivity contribution in [2.75, 3.05) is 13.2 Å². The Kier molecular flexibility index (Phi) is 7.29. The molecule has 0 aliphatic heterocycles. The molecule has 0 unspecified atom stereocenters. The largest absolute Gasteiger partial charge is 0.473 e. The Balaban J connectivity index is 2.13. The summed E-state index contributed by atoms with van der Waals surface area (Å²) in [5.41, 5.74) is 1.11. The number of hydrogen-bond acceptors (Lipinski definition) is 6. The van der Waals surface area contributed by atoms with Crippen LogP contribution in [-0.4, -0.2) is 25.2 Å². The highest BCUT2D eigenvalue weighted by molar-refractivity contribution is 9.10. The lowest BCUT2D eigenvalue weighted by Crippen LogP contribution is -2.21. The second-order valence-electron chi connectivity index (χ2n) is 8.22. The van der Waals surface area contributed by atoms with Crippen LogP contribution in [0.5, 0.6) is 5.75 Å². The van der Waals surface area contributed by atoms with Crippen LogP contribution in [0.4, 0.5) is 0 Å². The summed E-state index contributed by atoms with van der Waals surface area (Å²) in [5, 5.41) is 0.558. The highest BCUT2D eigenvalue weighted by Crippen LogP contribution is 2.40. The van der Waals surface area contributed by atoms with Crippen molar-refractivity contribution in [3.8, 4) is 5.75 Å². The summed E-state index contributed by atoms with van der Waals surface area (Å²) in [6, 6.07) is 12.5. The molecule has 0 saturated carbocycles. The Morgan fingerprint density at radius 2 is 1.69 bits per heavy atom. The Bertz CT molecular complexity index is 1110. The number of ether oxygens (including phenoxy) is 3. The number of esters is 2. The van der Waals surface area contributed by atoms with Gasteiger partial charge < -0.3 is 18.6 Å². The predicted molar refractivity (Wildman–Crippen MR) is 125 cm³/mol. The second kappa shape index (κ2) is 9.77. The summed E-state index contributed by atoms with van der Waals surface area (Å²) in [6.07, 6.45) is -0.968. The minimum absolute atomic E-state index is 0.232. The van der Waals surface area contributed by atoms with Crippen LogP contribution in [0.25, 0.3) is 11.0 Å². The number of fused-ring (bicyclic) bond motifs is 1. The minimum Gasteiger partial charge on any atom is -0.473 e. The van der Waals surface area contributed by atoms with Crippen molar-refractivity contribution < 1.29 is 28.2 Å². The average Bonchev–Trinajstić information content (AvgIpc) is 3.11. The van der Waals surface area contributed by atoms with Crippen LogP contribution < -0.4 is 4.74 Å². The molecule has 2 aromatic carbocycles. The molecule has 6 nitrogen and oxygen atoms in total. The lowest BCUT2D eigenvalue weighted by Gasteiger charge is -2.19. The zero-order valence-electron chi connectivity index (χ0n) is 18.9. The van der Waals surface area contributed by atoms with E-state index < -0.39 is 23.5 Å². The van der Waals surface area contributed by atoms with Gasteiger partial charge in [0.2, 0.25) is 6.10 Å². The lowest BCUT2D eigenvalue weighted by atomic mass is 9.89. The predicted octanol–water partition coefficient (Wildman–Crippen LogP) is 6.35. The van der Waals surface area contributed by atoms with Crippen molar-refractivity contribution >= 4 is 38.8 Å². The standard InChI is InChI=1S/C25H27BrO6/c1-6-29-23(27)20-16-13-19(17(26)14-18(16)32-22(20)25(3,4)5)31-21(24(28)30-7-2)15-11-9-8-10-12-15/h8-14,21H,6-7H2,1-5H3/t21-/m0/s1. The SMILES string of the molecule is CCOC(=O)c1c(C(C)(C)C)oc2cc(Br)c(O[C@H](C(=O)OCC)c3ccccc3)cc12. The molecule has 0 amide bonds. The van der Waals surface area contributed by atoms with E-state index in [-0.39, 0.29) is 13.2 Å². The van der Waals surface area contributed by atoms with Gasteiger partial charge in [0.1, 0.15) is 22.7 Å². The van der Waals surface area contributed by atoms with Crippen molar-refractivity contribution in [3.05, 3.63) is 63.8 Å². The molecule has 3 aromatic rings. The second-order valence-corrected chi connectivity index (χ2v) is 9.07. The summed E-state index contributed by atoms with van der Waals surface area (Å²) >= 11 is 3.51. The Labute approximate surface area is 196 Å². The first kappa shape index (κ1) is 23.9. The lowest BCUT2D eigenvalue weighted by molar-refractivity contribution is -0.151. The van der Waals surface area contributed by atoms with E-state index in [9.17, 15) is 9.59 Å². The van der Waals surface area contributed by atoms with Crippen LogP contribution in [0, 0.1) is 0 Å². The quantitative estimate of drug-likeness (QED) is 0.350. The minimum atomic E-state index is -0.968. The molecule has 170 valence electrons. The van der Waals surface area contributed by atoms with E-state index in [0.717, 1.165) is 0 Å². The number of furan rings is 1. The Morgan fingerprint density at radius 1 is 1.03 bits per heavy atom. The van der Waals surface area contributed by atoms with Crippen molar-refractivity contribution in [3.63, 3.8) is 0 Å². The summed E-state index contributed by atoms with van der Waals surface area (Å²) in [7, 11) is 0. The van der Waals surface area contributed by atoms with Crippen LogP contribution in [0.3, 0.4) is 0 Å². The molecule has 0 aliphatic rings. The van der Waals surface area contributed by atoms with Crippen LogP contribution in [-0.2, 0) is 19.7 Å². The molecule has 0 saturated heterocycles. The number of hydrogen-bond donors (Lipinski definition) is 0. The maximum atomic E-state index is 12.8. The van der Waals surface area contributed by atoms with Gasteiger partial charge in [-0.15, -0.1) is 0 Å². The van der Waals surface area contributed by atoms with E-state index >= 15 is 0 Å². The summed E-state index contributed by atoms with van der Waals surface area (Å²) in [6.45, 7) is 9.87. The zero-order valence-corrected chi connectivity index (χ0v) is 20.4. The van der Waals surface area contributed by atoms with Crippen LogP contribution in [0.2, 0.25) is 0 Å². The van der Waals surface area contributed by atoms with Gasteiger partial charge in [-0.05, 0) is 41.9 Å². The fourth-order valence-corrected chi connectivity index (χ4v) is 3.76. The highest BCUT2D eigenvalue weighted by Gasteiger charge is 2.32. The van der Waals surface area contributed by atoms with Gasteiger partial charge in [0.25, 0.3) is 0 Å². The maximum Gasteiger partial charge on any atom is 0.352 e. The normalized spacial score (nSPS) is 12.4. The molecule has 1 heterocycles. The first-order valence-corrected chi connectivity index (χ1v) is 11.3. The van der Waals surface area contributed by atoms with Crippen LogP contribution >= 0.6 is 15.9 Å². The van der Waals surface area contributed by atoms with Gasteiger partial charge in [0, 0.05) is 16.4 Å². The molecular formula is C25H27BrO6. The molecule has 0 N–H and O–H groups in total. The smallest absolute Gasteiger partial charge is 0.352 e. The van der Waals surface area contributed by atoms with Crippen molar-refractivity contribution in [2.24, 2.45) is 0 Å². The van der Waals surface area contributed by atoms with Crippen LogP contribution in [0.15, 0.2) is 51.4 Å². The molecule has 1 aromatic heterocycles. The zero-order chi connectivity index (χ0) is 23.5. The molecule has 3 rings (SSSR count). The third-order valence-electron chi connectivity index (χ3n) is 4.75. The highest BCUT2D eigenvalue weighted by atomic mass is 79.9. The number of benzene rings is 2. The van der Waals surface area contributed by atoms with Gasteiger partial charge in [-0.1, -0.05) is 51.1 Å². The number of carbonyl (C=O) groups is 2. The van der Waals surface area contributed by atoms with Gasteiger partial charge >= 0.3 is 11.9 Å². The van der Waals surface area contributed by atoms with E-state index in [2.05, 4.69) is 15.9 Å². The van der Waals surface area contributed by atoms with Crippen molar-refractivity contribution in [1.29, 1.82) is 0 Å². The van der Waals surface area contributed by atoms with Gasteiger partial charge in [-0.25, -0.2) is 9.59 Å². The van der Waals surface area contributed by atoms with Gasteiger partial charge in [-0.2, -0.15) is 0 Å². The van der Waals surface area contributed by atoms with Gasteiger partial charge in [0.15, 0.2) is 0 Å². The van der Waals surface area contributed by atoms with Gasteiger partial charge in [-0.3, -0.25) is 0 Å². The van der Waals surface area contributed by atoms with Crippen molar-refractivity contribution in [1.82, 2.24) is 0 Å². The number of rotatable bonds is 7. The molecular weight excluding hydrogens is 476 g/mol. The fourth-order valence-electron chi connectivity index (χ4n) is 3.35. The van der Waals surface area contributed by atoms with Crippen molar-refractivity contribution in [2.45, 2.75) is 46.1 Å². The summed E-state index contributed by atoms with van der Waals surface area (Å²) < 4.78 is 23.3. The maximum absolute atomic E-state index is 12.8. The molecule has 1 atom stereocenters. The molecule has 32 heavy (non-hydrogen) atoms. The van der Waals surface area contributed by atoms with E-state index in [1.807, 2.05) is 39.0 Å². The van der Waals surface area contributed by atoms with E-state index in [1.54, 1.807) is 38.1 Å². The average molecular weight is 503 g/mol. The first-order chi connectivity index (χ1) is 15.2. The Hall–Kier alpha value is -2.80. The molecule has 0 radical (unpaired) electrons. The molecule has 7 heteroatoms. The number of carbonyl (C=O) groups excluding carboxylic acids is 2. The van der Waals surface area contributed by atoms with E-state index in [4.69, 9.17) is 18.6 Å². The third kappa shape index (κ3) is 4.99. The third-order valence-corrected chi connectivity index (χ3v) is 5.37. The topological polar surface area (TPSA) is 75.0 Å². The first-order valence-electron chi connectivity index (χ1n) is 10.5. The van der Waals surface area contributed by atoms with E-state index in [1.165, 1.54) is 0 Å². The van der Waals surface area contributed by atoms with Crippen LogP contribution in [0.1, 0.15) is 62.4 Å². The molecule has 0 bridgehead atoms. The monoisotopic (exact) mass is 502 g/mol. The summed E-state index contributed by atoms with van der Waals surface area (Å²) in [4.78, 5) is 25.5. The fraction of sp³-hybridized carbons (Fsp3) is 0.360. The van der Waals surface area contributed by atoms with Gasteiger partial charge in [0.05, 0.1) is 17.7 Å². The molecule has 0 aliphatic carbocycles.